The molecule has 7 heteroatoms. The summed E-state index contributed by atoms with van der Waals surface area (Å²) < 4.78 is 0. The molecule has 3 rings (SSSR count). The van der Waals surface area contributed by atoms with Crippen LogP contribution in [-0.2, 0) is 4.79 Å². The quantitative estimate of drug-likeness (QED) is 0.355. The Morgan fingerprint density at radius 2 is 1.93 bits per heavy atom. The molecule has 140 valence electrons. The van der Waals surface area contributed by atoms with E-state index >= 15 is 0 Å². The third-order valence-electron chi connectivity index (χ3n) is 4.13. The van der Waals surface area contributed by atoms with Gasteiger partial charge in [-0.3, -0.25) is 4.79 Å². The number of fused-ring (bicyclic) bond motifs is 1. The molecule has 0 fully saturated rings. The van der Waals surface area contributed by atoms with Gasteiger partial charge in [0.25, 0.3) is 5.91 Å². The predicted molar refractivity (Wildman–Crippen MR) is 113 cm³/mol. The van der Waals surface area contributed by atoms with E-state index in [2.05, 4.69) is 51.4 Å². The van der Waals surface area contributed by atoms with Crippen LogP contribution in [-0.4, -0.2) is 40.9 Å². The molecule has 27 heavy (non-hydrogen) atoms. The first-order valence-corrected chi connectivity index (χ1v) is 9.92. The third-order valence-corrected chi connectivity index (χ3v) is 5.01. The zero-order valence-electron chi connectivity index (χ0n) is 15.5. The minimum absolute atomic E-state index is 0.170. The van der Waals surface area contributed by atoms with Crippen molar-refractivity contribution < 1.29 is 4.79 Å². The number of carbonyl (C=O) groups excluding carboxylic acids is 1. The van der Waals surface area contributed by atoms with Crippen molar-refractivity contribution in [2.45, 2.75) is 19.0 Å². The minimum atomic E-state index is -0.170. The minimum Gasteiger partial charge on any atom is -0.372 e. The number of nitrogens with one attached hydrogen (secondary N) is 2. The molecule has 1 aromatic heterocycles. The Labute approximate surface area is 163 Å². The number of nitrogens with zero attached hydrogens (tertiary/aromatic N) is 3. The highest BCUT2D eigenvalue weighted by molar-refractivity contribution is 7.99. The highest BCUT2D eigenvalue weighted by Crippen LogP contribution is 2.18. The molecule has 0 bridgehead atoms. The van der Waals surface area contributed by atoms with E-state index in [9.17, 15) is 4.79 Å². The molecule has 0 saturated carbocycles. The van der Waals surface area contributed by atoms with Crippen LogP contribution in [0.4, 0.5) is 5.69 Å². The highest BCUT2D eigenvalue weighted by Gasteiger charge is 2.06. The number of hydrazone groups is 1. The maximum Gasteiger partial charge on any atom is 0.250 e. The number of H-pyrrole nitrogens is 1. The van der Waals surface area contributed by atoms with Crippen LogP contribution in [0.2, 0.25) is 0 Å². The van der Waals surface area contributed by atoms with E-state index in [1.807, 2.05) is 36.4 Å². The summed E-state index contributed by atoms with van der Waals surface area (Å²) in [5, 5.41) is 4.75. The Morgan fingerprint density at radius 1 is 1.19 bits per heavy atom. The monoisotopic (exact) mass is 381 g/mol. The number of thioether (sulfide) groups is 1. The first-order chi connectivity index (χ1) is 13.2. The molecule has 2 aromatic carbocycles. The van der Waals surface area contributed by atoms with Gasteiger partial charge in [-0.15, -0.1) is 0 Å². The summed E-state index contributed by atoms with van der Waals surface area (Å²) in [5.74, 6) is 0.0781. The number of hydrogen-bond acceptors (Lipinski definition) is 5. The predicted octanol–water partition coefficient (Wildman–Crippen LogP) is 3.65. The molecule has 0 aliphatic heterocycles. The number of amides is 1. The maximum absolute atomic E-state index is 11.9. The van der Waals surface area contributed by atoms with E-state index in [1.54, 1.807) is 6.21 Å². The summed E-state index contributed by atoms with van der Waals surface area (Å²) in [6, 6.07) is 15.9. The zero-order valence-corrected chi connectivity index (χ0v) is 16.3. The lowest BCUT2D eigenvalue weighted by atomic mass is 10.2. The van der Waals surface area contributed by atoms with Gasteiger partial charge < -0.3 is 9.88 Å². The lowest BCUT2D eigenvalue weighted by molar-refractivity contribution is -0.118. The van der Waals surface area contributed by atoms with Gasteiger partial charge in [0, 0.05) is 18.8 Å². The highest BCUT2D eigenvalue weighted by atomic mass is 32.2. The Kier molecular flexibility index (Phi) is 6.49. The van der Waals surface area contributed by atoms with Gasteiger partial charge in [0.15, 0.2) is 5.16 Å². The Bertz CT molecular complexity index is 883. The summed E-state index contributed by atoms with van der Waals surface area (Å²) >= 11 is 1.35. The number of benzene rings is 2. The third kappa shape index (κ3) is 5.10. The number of hydrogen-bond donors (Lipinski definition) is 2. The molecule has 6 nitrogen and oxygen atoms in total. The SMILES string of the molecule is CCN(CC)c1ccc(/C=N/NC(=O)CSc2nc3ccccc3[nH]2)cc1. The largest absolute Gasteiger partial charge is 0.372 e. The van der Waals surface area contributed by atoms with Gasteiger partial charge in [0.2, 0.25) is 0 Å². The summed E-state index contributed by atoms with van der Waals surface area (Å²) in [7, 11) is 0. The molecule has 3 aromatic rings. The van der Waals surface area contributed by atoms with Crippen LogP contribution in [0.3, 0.4) is 0 Å². The van der Waals surface area contributed by atoms with E-state index < -0.39 is 0 Å². The van der Waals surface area contributed by atoms with E-state index in [0.29, 0.717) is 0 Å². The lowest BCUT2D eigenvalue weighted by Gasteiger charge is -2.20. The van der Waals surface area contributed by atoms with Gasteiger partial charge >= 0.3 is 0 Å². The number of aromatic nitrogens is 2. The van der Waals surface area contributed by atoms with Crippen molar-refractivity contribution in [1.29, 1.82) is 0 Å². The van der Waals surface area contributed by atoms with Crippen LogP contribution in [0.5, 0.6) is 0 Å². The van der Waals surface area contributed by atoms with Crippen LogP contribution < -0.4 is 10.3 Å². The van der Waals surface area contributed by atoms with Crippen LogP contribution in [0.25, 0.3) is 11.0 Å². The molecular weight excluding hydrogens is 358 g/mol. The Hall–Kier alpha value is -2.80. The Morgan fingerprint density at radius 3 is 2.63 bits per heavy atom. The van der Waals surface area contributed by atoms with Crippen molar-refractivity contribution >= 4 is 40.6 Å². The standard InChI is InChI=1S/C20H23N5OS/c1-3-25(4-2)16-11-9-15(10-12-16)13-21-24-19(26)14-27-20-22-17-7-5-6-8-18(17)23-20/h5-13H,3-4,14H2,1-2H3,(H,22,23)(H,24,26)/b21-13+. The van der Waals surface area contributed by atoms with Gasteiger partial charge in [-0.1, -0.05) is 36.0 Å². The van der Waals surface area contributed by atoms with Gasteiger partial charge in [-0.05, 0) is 43.7 Å². The molecule has 0 aliphatic rings. The van der Waals surface area contributed by atoms with Gasteiger partial charge in [-0.25, -0.2) is 10.4 Å². The molecule has 2 N–H and O–H groups in total. The maximum atomic E-state index is 11.9. The molecule has 0 radical (unpaired) electrons. The number of aromatic amines is 1. The van der Waals surface area contributed by atoms with E-state index in [4.69, 9.17) is 0 Å². The Balaban J connectivity index is 1.48. The molecule has 0 unspecified atom stereocenters. The van der Waals surface area contributed by atoms with Crippen molar-refractivity contribution in [3.63, 3.8) is 0 Å². The van der Waals surface area contributed by atoms with Gasteiger partial charge in [-0.2, -0.15) is 5.10 Å². The topological polar surface area (TPSA) is 73.4 Å². The van der Waals surface area contributed by atoms with Crippen molar-refractivity contribution in [2.24, 2.45) is 5.10 Å². The van der Waals surface area contributed by atoms with Crippen molar-refractivity contribution in [2.75, 3.05) is 23.7 Å². The van der Waals surface area contributed by atoms with Crippen molar-refractivity contribution in [3.8, 4) is 0 Å². The normalized spacial score (nSPS) is 11.2. The first kappa shape index (κ1) is 19.0. The average Bonchev–Trinajstić information content (AvgIpc) is 3.11. The van der Waals surface area contributed by atoms with Gasteiger partial charge in [0.1, 0.15) is 0 Å². The fourth-order valence-corrected chi connectivity index (χ4v) is 3.38. The van der Waals surface area contributed by atoms with Crippen LogP contribution in [0.1, 0.15) is 19.4 Å². The number of anilines is 1. The lowest BCUT2D eigenvalue weighted by Crippen LogP contribution is -2.21. The molecule has 1 amide bonds. The van der Waals surface area contributed by atoms with Crippen molar-refractivity contribution in [1.82, 2.24) is 15.4 Å². The number of para-hydroxylation sites is 2. The van der Waals surface area contributed by atoms with E-state index in [0.717, 1.165) is 34.8 Å². The van der Waals surface area contributed by atoms with E-state index in [1.165, 1.54) is 17.4 Å². The van der Waals surface area contributed by atoms with Gasteiger partial charge in [0.05, 0.1) is 23.0 Å². The van der Waals surface area contributed by atoms with Crippen LogP contribution in [0, 0.1) is 0 Å². The number of rotatable bonds is 8. The van der Waals surface area contributed by atoms with Crippen LogP contribution in [0.15, 0.2) is 58.8 Å². The molecular formula is C20H23N5OS. The molecule has 0 aliphatic carbocycles. The van der Waals surface area contributed by atoms with Crippen molar-refractivity contribution in [3.05, 3.63) is 54.1 Å². The average molecular weight is 382 g/mol. The molecule has 0 saturated heterocycles. The summed E-state index contributed by atoms with van der Waals surface area (Å²) in [6.45, 7) is 6.22. The second-order valence-electron chi connectivity index (χ2n) is 5.90. The molecule has 0 spiro atoms. The molecule has 0 atom stereocenters. The smallest absolute Gasteiger partial charge is 0.250 e. The fraction of sp³-hybridized carbons (Fsp3) is 0.250. The number of imidazole rings is 1. The zero-order chi connectivity index (χ0) is 19.1. The second-order valence-corrected chi connectivity index (χ2v) is 6.87. The molecule has 1 heterocycles. The first-order valence-electron chi connectivity index (χ1n) is 8.94. The number of carbonyl (C=O) groups is 1. The van der Waals surface area contributed by atoms with Crippen LogP contribution >= 0.6 is 11.8 Å². The summed E-state index contributed by atoms with van der Waals surface area (Å²) in [4.78, 5) is 21.8. The van der Waals surface area contributed by atoms with E-state index in [-0.39, 0.29) is 11.7 Å². The fourth-order valence-electron chi connectivity index (χ4n) is 2.70. The summed E-state index contributed by atoms with van der Waals surface area (Å²) in [5.41, 5.74) is 6.54. The summed E-state index contributed by atoms with van der Waals surface area (Å²) in [6.07, 6.45) is 1.65. The second kappa shape index (κ2) is 9.23.